The summed E-state index contributed by atoms with van der Waals surface area (Å²) in [7, 11) is 1.77. The summed E-state index contributed by atoms with van der Waals surface area (Å²) in [6.45, 7) is 0. The van der Waals surface area contributed by atoms with E-state index in [4.69, 9.17) is 4.74 Å². The predicted molar refractivity (Wildman–Crippen MR) is 71.4 cm³/mol. The van der Waals surface area contributed by atoms with Crippen LogP contribution in [0.3, 0.4) is 0 Å². The van der Waals surface area contributed by atoms with Gasteiger partial charge in [-0.2, -0.15) is 0 Å². The summed E-state index contributed by atoms with van der Waals surface area (Å²) in [5.41, 5.74) is 1.13. The molecule has 1 heterocycles. The van der Waals surface area contributed by atoms with E-state index in [-0.39, 0.29) is 5.82 Å². The van der Waals surface area contributed by atoms with Gasteiger partial charge in [0.2, 0.25) is 0 Å². The first kappa shape index (κ1) is 12.5. The number of benzene rings is 1. The van der Waals surface area contributed by atoms with Crippen LogP contribution in [0.2, 0.25) is 0 Å². The van der Waals surface area contributed by atoms with E-state index in [1.54, 1.807) is 24.9 Å². The van der Waals surface area contributed by atoms with Crippen molar-refractivity contribution in [3.8, 4) is 0 Å². The molecule has 1 aliphatic carbocycles. The molecule has 1 aliphatic heterocycles. The minimum Gasteiger partial charge on any atom is -0.381 e. The Morgan fingerprint density at radius 1 is 1.39 bits per heavy atom. The molecule has 1 fully saturated rings. The molecule has 4 heteroatoms. The van der Waals surface area contributed by atoms with Crippen LogP contribution in [0.25, 0.3) is 0 Å². The Labute approximate surface area is 111 Å². The molecule has 0 amide bonds. The summed E-state index contributed by atoms with van der Waals surface area (Å²) in [6, 6.07) is 6.25. The molecule has 0 spiro atoms. The van der Waals surface area contributed by atoms with E-state index in [9.17, 15) is 4.39 Å². The van der Waals surface area contributed by atoms with Gasteiger partial charge in [-0.3, -0.25) is 0 Å². The van der Waals surface area contributed by atoms with E-state index in [1.165, 1.54) is 0 Å². The summed E-state index contributed by atoms with van der Waals surface area (Å²) >= 11 is 1.64. The van der Waals surface area contributed by atoms with Crippen molar-refractivity contribution >= 4 is 11.8 Å². The monoisotopic (exact) mass is 267 g/mol. The summed E-state index contributed by atoms with van der Waals surface area (Å²) in [6.07, 6.45) is 3.64. The Kier molecular flexibility index (Phi) is 3.59. The van der Waals surface area contributed by atoms with Crippen molar-refractivity contribution < 1.29 is 9.13 Å². The fourth-order valence-corrected chi connectivity index (χ4v) is 3.88. The molecule has 3 rings (SSSR count). The Balaban J connectivity index is 1.70. The molecule has 1 unspecified atom stereocenters. The van der Waals surface area contributed by atoms with Gasteiger partial charge in [-0.1, -0.05) is 12.1 Å². The van der Waals surface area contributed by atoms with Gasteiger partial charge < -0.3 is 10.1 Å². The van der Waals surface area contributed by atoms with Crippen LogP contribution in [0.1, 0.15) is 30.9 Å². The molecule has 98 valence electrons. The largest absolute Gasteiger partial charge is 0.381 e. The second-order valence-electron chi connectivity index (χ2n) is 5.04. The van der Waals surface area contributed by atoms with Crippen LogP contribution >= 0.6 is 11.8 Å². The topological polar surface area (TPSA) is 21.3 Å². The standard InChI is InChI=1S/C14H18FNOS/c1-17-10-7-9(8-10)16-13-5-6-18-14-11(13)3-2-4-12(14)15/h2-4,9-10,13,16H,5-8H2,1H3. The van der Waals surface area contributed by atoms with Crippen LogP contribution in [0, 0.1) is 5.82 Å². The summed E-state index contributed by atoms with van der Waals surface area (Å²) in [4.78, 5) is 0.837. The minimum absolute atomic E-state index is 0.0765. The maximum absolute atomic E-state index is 13.7. The Morgan fingerprint density at radius 3 is 3.00 bits per heavy atom. The number of hydrogen-bond donors (Lipinski definition) is 1. The maximum atomic E-state index is 13.7. The average molecular weight is 267 g/mol. The van der Waals surface area contributed by atoms with Gasteiger partial charge in [0, 0.05) is 24.1 Å². The van der Waals surface area contributed by atoms with Crippen molar-refractivity contribution in [2.45, 2.75) is 42.3 Å². The van der Waals surface area contributed by atoms with Crippen molar-refractivity contribution in [3.63, 3.8) is 0 Å². The number of thioether (sulfide) groups is 1. The van der Waals surface area contributed by atoms with Crippen LogP contribution < -0.4 is 5.32 Å². The normalized spacial score (nSPS) is 30.7. The molecule has 2 nitrogen and oxygen atoms in total. The van der Waals surface area contributed by atoms with E-state index in [2.05, 4.69) is 11.4 Å². The highest BCUT2D eigenvalue weighted by Gasteiger charge is 2.32. The van der Waals surface area contributed by atoms with E-state index in [0.29, 0.717) is 18.2 Å². The highest BCUT2D eigenvalue weighted by molar-refractivity contribution is 7.99. The Bertz CT molecular complexity index is 434. The average Bonchev–Trinajstić information content (AvgIpc) is 2.34. The Hall–Kier alpha value is -0.580. The van der Waals surface area contributed by atoms with Gasteiger partial charge in [0.15, 0.2) is 0 Å². The lowest BCUT2D eigenvalue weighted by atomic mass is 9.87. The highest BCUT2D eigenvalue weighted by atomic mass is 32.2. The molecule has 18 heavy (non-hydrogen) atoms. The molecule has 2 aliphatic rings. The second-order valence-corrected chi connectivity index (χ2v) is 6.15. The number of nitrogens with one attached hydrogen (secondary N) is 1. The van der Waals surface area contributed by atoms with E-state index in [0.717, 1.165) is 35.5 Å². The molecule has 0 saturated heterocycles. The third kappa shape index (κ3) is 2.29. The molecule has 1 saturated carbocycles. The highest BCUT2D eigenvalue weighted by Crippen LogP contribution is 2.39. The lowest BCUT2D eigenvalue weighted by Gasteiger charge is -2.39. The smallest absolute Gasteiger partial charge is 0.137 e. The maximum Gasteiger partial charge on any atom is 0.137 e. The molecular formula is C14H18FNOS. The van der Waals surface area contributed by atoms with Crippen LogP contribution in [-0.4, -0.2) is 25.0 Å². The van der Waals surface area contributed by atoms with Crippen LogP contribution in [0.5, 0.6) is 0 Å². The number of fused-ring (bicyclic) bond motifs is 1. The Morgan fingerprint density at radius 2 is 2.22 bits per heavy atom. The van der Waals surface area contributed by atoms with Crippen molar-refractivity contribution in [1.82, 2.24) is 5.32 Å². The number of ether oxygens (including phenoxy) is 1. The second kappa shape index (κ2) is 5.19. The first-order valence-electron chi connectivity index (χ1n) is 6.48. The molecule has 0 bridgehead atoms. The third-order valence-corrected chi connectivity index (χ3v) is 5.05. The third-order valence-electron chi connectivity index (χ3n) is 3.89. The van der Waals surface area contributed by atoms with Gasteiger partial charge in [0.05, 0.1) is 6.10 Å². The van der Waals surface area contributed by atoms with Crippen molar-refractivity contribution in [1.29, 1.82) is 0 Å². The number of rotatable bonds is 3. The molecule has 1 atom stereocenters. The lowest BCUT2D eigenvalue weighted by Crippen LogP contribution is -2.46. The van der Waals surface area contributed by atoms with Gasteiger partial charge in [-0.05, 0) is 36.6 Å². The fourth-order valence-electron chi connectivity index (χ4n) is 2.74. The molecular weight excluding hydrogens is 249 g/mol. The van der Waals surface area contributed by atoms with Crippen LogP contribution in [0.4, 0.5) is 4.39 Å². The first-order chi connectivity index (χ1) is 8.78. The molecule has 1 aromatic carbocycles. The lowest BCUT2D eigenvalue weighted by molar-refractivity contribution is 0.0138. The predicted octanol–water partition coefficient (Wildman–Crippen LogP) is 3.13. The number of hydrogen-bond acceptors (Lipinski definition) is 3. The minimum atomic E-state index is -0.0765. The van der Waals surface area contributed by atoms with Gasteiger partial charge in [0.1, 0.15) is 5.82 Å². The van der Waals surface area contributed by atoms with Gasteiger partial charge in [-0.15, -0.1) is 11.8 Å². The van der Waals surface area contributed by atoms with Gasteiger partial charge in [-0.25, -0.2) is 4.39 Å². The van der Waals surface area contributed by atoms with E-state index in [1.807, 2.05) is 6.07 Å². The molecule has 0 aromatic heterocycles. The van der Waals surface area contributed by atoms with Crippen LogP contribution in [-0.2, 0) is 4.74 Å². The zero-order valence-electron chi connectivity index (χ0n) is 10.5. The van der Waals surface area contributed by atoms with Gasteiger partial charge >= 0.3 is 0 Å². The molecule has 1 aromatic rings. The fraction of sp³-hybridized carbons (Fsp3) is 0.571. The first-order valence-corrected chi connectivity index (χ1v) is 7.46. The summed E-state index contributed by atoms with van der Waals surface area (Å²) < 4.78 is 19.0. The SMILES string of the molecule is COC1CC(NC2CCSc3c(F)cccc32)C1. The van der Waals surface area contributed by atoms with E-state index >= 15 is 0 Å². The zero-order valence-corrected chi connectivity index (χ0v) is 11.3. The van der Waals surface area contributed by atoms with Crippen LogP contribution in [0.15, 0.2) is 23.1 Å². The van der Waals surface area contributed by atoms with Crippen molar-refractivity contribution in [2.24, 2.45) is 0 Å². The zero-order chi connectivity index (χ0) is 12.5. The van der Waals surface area contributed by atoms with Crippen molar-refractivity contribution in [3.05, 3.63) is 29.6 Å². The molecule has 1 N–H and O–H groups in total. The molecule has 0 radical (unpaired) electrons. The van der Waals surface area contributed by atoms with Gasteiger partial charge in [0.25, 0.3) is 0 Å². The van der Waals surface area contributed by atoms with Crippen molar-refractivity contribution in [2.75, 3.05) is 12.9 Å². The number of methoxy groups -OCH3 is 1. The summed E-state index contributed by atoms with van der Waals surface area (Å²) in [5, 5.41) is 3.64. The summed E-state index contributed by atoms with van der Waals surface area (Å²) in [5.74, 6) is 0.916. The quantitative estimate of drug-likeness (QED) is 0.909. The van der Waals surface area contributed by atoms with E-state index < -0.39 is 0 Å². The number of halogens is 1.